The molecule has 0 bridgehead atoms. The molecule has 0 radical (unpaired) electrons. The monoisotopic (exact) mass is 281 g/mol. The lowest BCUT2D eigenvalue weighted by atomic mass is 10.0. The molecule has 2 rings (SSSR count). The summed E-state index contributed by atoms with van der Waals surface area (Å²) < 4.78 is 10.2. The molecular weight excluding hydrogens is 266 g/mol. The molecule has 0 fully saturated rings. The van der Waals surface area contributed by atoms with Crippen LogP contribution in [0, 0.1) is 0 Å². The van der Waals surface area contributed by atoms with Crippen LogP contribution in [0.1, 0.15) is 18.4 Å². The van der Waals surface area contributed by atoms with Gasteiger partial charge in [-0.25, -0.2) is 0 Å². The molecule has 1 aromatic carbocycles. The molecule has 1 aliphatic heterocycles. The van der Waals surface area contributed by atoms with Crippen LogP contribution < -0.4 is 4.74 Å². The van der Waals surface area contributed by atoms with E-state index in [0.29, 0.717) is 17.2 Å². The van der Waals surface area contributed by atoms with Gasteiger partial charge in [-0.1, -0.05) is 17.7 Å². The summed E-state index contributed by atoms with van der Waals surface area (Å²) in [5.74, 6) is 0.745. The van der Waals surface area contributed by atoms with Gasteiger partial charge in [-0.05, 0) is 24.6 Å². The zero-order valence-corrected chi connectivity index (χ0v) is 11.7. The molecular formula is C14H16ClNO3. The number of benzene rings is 1. The first-order valence-corrected chi connectivity index (χ1v) is 6.39. The third-order valence-corrected chi connectivity index (χ3v) is 3.30. The normalized spacial score (nSPS) is 15.4. The number of rotatable bonds is 4. The highest BCUT2D eigenvalue weighted by Gasteiger charge is 2.20. The second kappa shape index (κ2) is 6.08. The Morgan fingerprint density at radius 3 is 2.89 bits per heavy atom. The molecule has 1 heterocycles. The lowest BCUT2D eigenvalue weighted by Crippen LogP contribution is -2.27. The first-order valence-electron chi connectivity index (χ1n) is 6.02. The smallest absolute Gasteiger partial charge is 0.227 e. The number of nitrogens with zero attached hydrogens (tertiary/aromatic N) is 1. The molecule has 1 aliphatic rings. The molecule has 4 nitrogen and oxygen atoms in total. The Morgan fingerprint density at radius 2 is 2.21 bits per heavy atom. The van der Waals surface area contributed by atoms with Crippen molar-refractivity contribution in [2.75, 3.05) is 21.0 Å². The summed E-state index contributed by atoms with van der Waals surface area (Å²) >= 11 is 6.26. The van der Waals surface area contributed by atoms with Gasteiger partial charge in [0.15, 0.2) is 6.79 Å². The number of carbonyl (C=O) groups excluding carboxylic acids is 1. The summed E-state index contributed by atoms with van der Waals surface area (Å²) in [6.45, 7) is 0.177. The second-order valence-corrected chi connectivity index (χ2v) is 4.68. The van der Waals surface area contributed by atoms with Gasteiger partial charge >= 0.3 is 0 Å². The molecule has 0 N–H and O–H groups in total. The van der Waals surface area contributed by atoms with Crippen LogP contribution in [-0.2, 0) is 9.53 Å². The standard InChI is InChI=1S/C14H16ClNO3/c1-16-13(4-3-5-14(16)17)11-7-6-10(8-12(11)15)19-9-18-2/h4,6-8H,3,5,9H2,1-2H3. The van der Waals surface area contributed by atoms with Crippen molar-refractivity contribution in [3.63, 3.8) is 0 Å². The number of hydrogen-bond acceptors (Lipinski definition) is 3. The first-order chi connectivity index (χ1) is 9.13. The summed E-state index contributed by atoms with van der Waals surface area (Å²) in [7, 11) is 3.32. The van der Waals surface area contributed by atoms with E-state index in [-0.39, 0.29) is 12.7 Å². The molecule has 19 heavy (non-hydrogen) atoms. The maximum Gasteiger partial charge on any atom is 0.227 e. The minimum atomic E-state index is 0.105. The van der Waals surface area contributed by atoms with Crippen molar-refractivity contribution in [1.82, 2.24) is 4.90 Å². The number of allylic oxidation sites excluding steroid dienone is 1. The van der Waals surface area contributed by atoms with Gasteiger partial charge in [-0.2, -0.15) is 0 Å². The Bertz CT molecular complexity index is 513. The summed E-state index contributed by atoms with van der Waals surface area (Å²) in [5.41, 5.74) is 1.68. The maximum atomic E-state index is 11.7. The first kappa shape index (κ1) is 13.9. The van der Waals surface area contributed by atoms with Gasteiger partial charge < -0.3 is 14.4 Å². The Labute approximate surface area is 117 Å². The van der Waals surface area contributed by atoms with Crippen LogP contribution in [0.3, 0.4) is 0 Å². The highest BCUT2D eigenvalue weighted by Crippen LogP contribution is 2.32. The Balaban J connectivity index is 2.26. The fraction of sp³-hybridized carbons (Fsp3) is 0.357. The zero-order valence-electron chi connectivity index (χ0n) is 11.0. The molecule has 0 spiro atoms. The summed E-state index contributed by atoms with van der Waals surface area (Å²) in [5, 5.41) is 0.557. The van der Waals surface area contributed by atoms with Crippen LogP contribution in [-0.4, -0.2) is 31.8 Å². The molecule has 0 saturated heterocycles. The van der Waals surface area contributed by atoms with Gasteiger partial charge in [0.1, 0.15) is 5.75 Å². The molecule has 0 aromatic heterocycles. The zero-order chi connectivity index (χ0) is 13.8. The lowest BCUT2D eigenvalue weighted by Gasteiger charge is -2.25. The second-order valence-electron chi connectivity index (χ2n) is 4.27. The van der Waals surface area contributed by atoms with E-state index in [1.165, 1.54) is 0 Å². The average Bonchev–Trinajstić information content (AvgIpc) is 2.40. The largest absolute Gasteiger partial charge is 0.468 e. The molecule has 0 saturated carbocycles. The van der Waals surface area contributed by atoms with Gasteiger partial charge in [-0.15, -0.1) is 0 Å². The number of halogens is 1. The van der Waals surface area contributed by atoms with Crippen molar-refractivity contribution in [3.05, 3.63) is 34.9 Å². The number of carbonyl (C=O) groups is 1. The van der Waals surface area contributed by atoms with Gasteiger partial charge in [-0.3, -0.25) is 4.79 Å². The van der Waals surface area contributed by atoms with E-state index in [0.717, 1.165) is 17.7 Å². The van der Waals surface area contributed by atoms with Crippen molar-refractivity contribution < 1.29 is 14.3 Å². The van der Waals surface area contributed by atoms with E-state index in [4.69, 9.17) is 21.1 Å². The van der Waals surface area contributed by atoms with E-state index in [9.17, 15) is 4.79 Å². The number of methoxy groups -OCH3 is 1. The van der Waals surface area contributed by atoms with Gasteiger partial charge in [0.2, 0.25) is 5.91 Å². The molecule has 1 amide bonds. The quantitative estimate of drug-likeness (QED) is 0.797. The molecule has 102 valence electrons. The predicted octanol–water partition coefficient (Wildman–Crippen LogP) is 2.92. The lowest BCUT2D eigenvalue weighted by molar-refractivity contribution is -0.127. The van der Waals surface area contributed by atoms with Crippen molar-refractivity contribution in [3.8, 4) is 5.75 Å². The minimum absolute atomic E-state index is 0.105. The third-order valence-electron chi connectivity index (χ3n) is 2.99. The highest BCUT2D eigenvalue weighted by atomic mass is 35.5. The Morgan fingerprint density at radius 1 is 1.42 bits per heavy atom. The van der Waals surface area contributed by atoms with Gasteiger partial charge in [0.25, 0.3) is 0 Å². The fourth-order valence-electron chi connectivity index (χ4n) is 1.98. The maximum absolute atomic E-state index is 11.7. The van der Waals surface area contributed by atoms with Crippen LogP contribution in [0.2, 0.25) is 5.02 Å². The van der Waals surface area contributed by atoms with Crippen LogP contribution >= 0.6 is 11.6 Å². The van der Waals surface area contributed by atoms with Gasteiger partial charge in [0.05, 0.1) is 5.02 Å². The molecule has 5 heteroatoms. The summed E-state index contributed by atoms with van der Waals surface area (Å²) in [6.07, 6.45) is 3.32. The SMILES string of the molecule is COCOc1ccc(C2=CCCC(=O)N2C)c(Cl)c1. The van der Waals surface area contributed by atoms with E-state index in [1.807, 2.05) is 18.2 Å². The number of amides is 1. The van der Waals surface area contributed by atoms with Crippen molar-refractivity contribution in [2.45, 2.75) is 12.8 Å². The van der Waals surface area contributed by atoms with Crippen LogP contribution in [0.4, 0.5) is 0 Å². The number of ether oxygens (including phenoxy) is 2. The van der Waals surface area contributed by atoms with Crippen LogP contribution in [0.15, 0.2) is 24.3 Å². The molecule has 0 atom stereocenters. The fourth-order valence-corrected chi connectivity index (χ4v) is 2.25. The topological polar surface area (TPSA) is 38.8 Å². The Kier molecular flexibility index (Phi) is 4.45. The molecule has 0 unspecified atom stereocenters. The van der Waals surface area contributed by atoms with Crippen molar-refractivity contribution in [2.24, 2.45) is 0 Å². The van der Waals surface area contributed by atoms with Crippen molar-refractivity contribution in [1.29, 1.82) is 0 Å². The van der Waals surface area contributed by atoms with Crippen molar-refractivity contribution >= 4 is 23.2 Å². The third kappa shape index (κ3) is 3.08. The summed E-state index contributed by atoms with van der Waals surface area (Å²) in [6, 6.07) is 5.39. The number of hydrogen-bond donors (Lipinski definition) is 0. The van der Waals surface area contributed by atoms with E-state index < -0.39 is 0 Å². The molecule has 1 aromatic rings. The predicted molar refractivity (Wildman–Crippen MR) is 73.9 cm³/mol. The Hall–Kier alpha value is -1.52. The average molecular weight is 282 g/mol. The highest BCUT2D eigenvalue weighted by molar-refractivity contribution is 6.32. The van der Waals surface area contributed by atoms with Gasteiger partial charge in [0, 0.05) is 31.8 Å². The van der Waals surface area contributed by atoms with E-state index in [2.05, 4.69) is 0 Å². The molecule has 0 aliphatic carbocycles. The van der Waals surface area contributed by atoms with Crippen LogP contribution in [0.5, 0.6) is 5.75 Å². The van der Waals surface area contributed by atoms with E-state index >= 15 is 0 Å². The summed E-state index contributed by atoms with van der Waals surface area (Å²) in [4.78, 5) is 13.3. The minimum Gasteiger partial charge on any atom is -0.468 e. The van der Waals surface area contributed by atoms with Crippen LogP contribution in [0.25, 0.3) is 5.70 Å². The van der Waals surface area contributed by atoms with E-state index in [1.54, 1.807) is 25.1 Å².